The average molecular weight is 238 g/mol. The summed E-state index contributed by atoms with van der Waals surface area (Å²) in [5, 5.41) is 20.4. The molecule has 0 spiro atoms. The molecule has 1 atom stereocenters. The van der Waals surface area contributed by atoms with Crippen LogP contribution < -0.4 is 0 Å². The molecule has 1 aliphatic carbocycles. The van der Waals surface area contributed by atoms with E-state index in [0.717, 1.165) is 12.2 Å². The molecule has 1 N–H and O–H groups in total. The highest BCUT2D eigenvalue weighted by Crippen LogP contribution is 2.27. The van der Waals surface area contributed by atoms with Crippen LogP contribution in [0.1, 0.15) is 38.4 Å². The number of carbonyl (C=O) groups is 1. The van der Waals surface area contributed by atoms with Crippen molar-refractivity contribution >= 4 is 5.97 Å². The van der Waals surface area contributed by atoms with Crippen LogP contribution in [0.4, 0.5) is 0 Å². The van der Waals surface area contributed by atoms with E-state index in [4.69, 9.17) is 5.11 Å². The van der Waals surface area contributed by atoms with Crippen LogP contribution in [0.25, 0.3) is 0 Å². The molecule has 1 aliphatic rings. The van der Waals surface area contributed by atoms with Crippen molar-refractivity contribution in [2.24, 2.45) is 11.8 Å². The molecule has 1 heterocycles. The molecule has 1 aromatic heterocycles. The van der Waals surface area contributed by atoms with Crippen molar-refractivity contribution in [1.82, 2.24) is 20.2 Å². The topological polar surface area (TPSA) is 80.9 Å². The van der Waals surface area contributed by atoms with Crippen LogP contribution in [-0.4, -0.2) is 31.3 Å². The molecule has 0 bridgehead atoms. The predicted molar refractivity (Wildman–Crippen MR) is 60.3 cm³/mol. The second kappa shape index (κ2) is 5.25. The van der Waals surface area contributed by atoms with Gasteiger partial charge in [0.1, 0.15) is 0 Å². The molecule has 2 rings (SSSR count). The van der Waals surface area contributed by atoms with Crippen molar-refractivity contribution < 1.29 is 9.90 Å². The Morgan fingerprint density at radius 1 is 1.53 bits per heavy atom. The largest absolute Gasteiger partial charge is 0.481 e. The lowest BCUT2D eigenvalue weighted by atomic mass is 10.0. The Bertz CT molecular complexity index is 385. The first-order valence-electron chi connectivity index (χ1n) is 6.14. The van der Waals surface area contributed by atoms with Crippen molar-refractivity contribution in [3.8, 4) is 0 Å². The molecule has 1 aromatic rings. The van der Waals surface area contributed by atoms with Crippen LogP contribution in [-0.2, 0) is 17.8 Å². The minimum absolute atomic E-state index is 0.352. The first-order valence-corrected chi connectivity index (χ1v) is 6.14. The van der Waals surface area contributed by atoms with Gasteiger partial charge in [0, 0.05) is 6.42 Å². The van der Waals surface area contributed by atoms with Crippen LogP contribution in [0.5, 0.6) is 0 Å². The molecule has 1 unspecified atom stereocenters. The van der Waals surface area contributed by atoms with Crippen molar-refractivity contribution in [1.29, 1.82) is 0 Å². The third-order valence-corrected chi connectivity index (χ3v) is 3.42. The number of aromatic nitrogens is 4. The number of nitrogens with zero attached hydrogens (tertiary/aromatic N) is 4. The quantitative estimate of drug-likeness (QED) is 0.831. The Kier molecular flexibility index (Phi) is 3.71. The maximum Gasteiger partial charge on any atom is 0.308 e. The van der Waals surface area contributed by atoms with Crippen LogP contribution >= 0.6 is 0 Å². The van der Waals surface area contributed by atoms with Crippen LogP contribution in [0.3, 0.4) is 0 Å². The summed E-state index contributed by atoms with van der Waals surface area (Å²) in [5.74, 6) is 0.220. The molecule has 1 saturated carbocycles. The minimum Gasteiger partial charge on any atom is -0.481 e. The van der Waals surface area contributed by atoms with E-state index in [2.05, 4.69) is 15.5 Å². The van der Waals surface area contributed by atoms with Gasteiger partial charge >= 0.3 is 5.97 Å². The highest BCUT2D eigenvalue weighted by Gasteiger charge is 2.20. The molecule has 0 amide bonds. The standard InChI is InChI=1S/C11H18N4O2/c1-8(11(16)17)7-15-10(12-13-14-15)6-9-4-2-3-5-9/h8-9H,2-7H2,1H3,(H,16,17). The van der Waals surface area contributed by atoms with E-state index in [1.807, 2.05) is 0 Å². The fraction of sp³-hybridized carbons (Fsp3) is 0.818. The smallest absolute Gasteiger partial charge is 0.308 e. The van der Waals surface area contributed by atoms with E-state index >= 15 is 0 Å². The molecule has 0 radical (unpaired) electrons. The number of rotatable bonds is 5. The Hall–Kier alpha value is -1.46. The zero-order valence-corrected chi connectivity index (χ0v) is 10.0. The zero-order chi connectivity index (χ0) is 12.3. The van der Waals surface area contributed by atoms with Gasteiger partial charge in [0.2, 0.25) is 0 Å². The maximum absolute atomic E-state index is 10.8. The Morgan fingerprint density at radius 2 is 2.24 bits per heavy atom. The van der Waals surface area contributed by atoms with Crippen molar-refractivity contribution in [3.63, 3.8) is 0 Å². The highest BCUT2D eigenvalue weighted by molar-refractivity contribution is 5.69. The van der Waals surface area contributed by atoms with Crippen molar-refractivity contribution in [2.75, 3.05) is 0 Å². The molecular weight excluding hydrogens is 220 g/mol. The van der Waals surface area contributed by atoms with Gasteiger partial charge in [-0.1, -0.05) is 32.6 Å². The summed E-state index contributed by atoms with van der Waals surface area (Å²) >= 11 is 0. The van der Waals surface area contributed by atoms with Crippen molar-refractivity contribution in [2.45, 2.75) is 45.6 Å². The van der Waals surface area contributed by atoms with Gasteiger partial charge < -0.3 is 5.11 Å². The Balaban J connectivity index is 1.98. The first-order chi connectivity index (χ1) is 8.16. The SMILES string of the molecule is CC(Cn1nnnc1CC1CCCC1)C(=O)O. The second-order valence-corrected chi connectivity index (χ2v) is 4.87. The maximum atomic E-state index is 10.8. The van der Waals surface area contributed by atoms with Gasteiger partial charge in [-0.2, -0.15) is 0 Å². The van der Waals surface area contributed by atoms with Crippen LogP contribution in [0.15, 0.2) is 0 Å². The van der Waals surface area contributed by atoms with Crippen LogP contribution in [0.2, 0.25) is 0 Å². The third-order valence-electron chi connectivity index (χ3n) is 3.42. The summed E-state index contributed by atoms with van der Waals surface area (Å²) in [7, 11) is 0. The Morgan fingerprint density at radius 3 is 2.88 bits per heavy atom. The van der Waals surface area contributed by atoms with E-state index in [0.29, 0.717) is 12.5 Å². The molecular formula is C11H18N4O2. The Labute approximate surface area is 100 Å². The van der Waals surface area contributed by atoms with Gasteiger partial charge in [0.25, 0.3) is 0 Å². The fourth-order valence-corrected chi connectivity index (χ4v) is 2.32. The molecule has 17 heavy (non-hydrogen) atoms. The lowest BCUT2D eigenvalue weighted by Gasteiger charge is -2.10. The van der Waals surface area contributed by atoms with Gasteiger partial charge in [-0.3, -0.25) is 4.79 Å². The van der Waals surface area contributed by atoms with Crippen LogP contribution in [0, 0.1) is 11.8 Å². The predicted octanol–water partition coefficient (Wildman–Crippen LogP) is 1.13. The number of tetrazole rings is 1. The van der Waals surface area contributed by atoms with E-state index in [9.17, 15) is 4.79 Å². The van der Waals surface area contributed by atoms with Gasteiger partial charge in [0.05, 0.1) is 12.5 Å². The van der Waals surface area contributed by atoms with E-state index in [1.165, 1.54) is 25.7 Å². The molecule has 0 aliphatic heterocycles. The monoisotopic (exact) mass is 238 g/mol. The number of hydrogen-bond acceptors (Lipinski definition) is 4. The van der Waals surface area contributed by atoms with E-state index in [1.54, 1.807) is 11.6 Å². The highest BCUT2D eigenvalue weighted by atomic mass is 16.4. The number of aliphatic carboxylic acids is 1. The summed E-state index contributed by atoms with van der Waals surface area (Å²) in [5.41, 5.74) is 0. The molecule has 0 aromatic carbocycles. The fourth-order valence-electron chi connectivity index (χ4n) is 2.32. The zero-order valence-electron chi connectivity index (χ0n) is 10.0. The molecule has 6 nitrogen and oxygen atoms in total. The first kappa shape index (κ1) is 12.0. The average Bonchev–Trinajstić information content (AvgIpc) is 2.91. The second-order valence-electron chi connectivity index (χ2n) is 4.87. The van der Waals surface area contributed by atoms with E-state index in [-0.39, 0.29) is 0 Å². The van der Waals surface area contributed by atoms with Gasteiger partial charge in [-0.25, -0.2) is 4.68 Å². The number of carboxylic acid groups (broad SMARTS) is 1. The lowest BCUT2D eigenvalue weighted by molar-refractivity contribution is -0.141. The van der Waals surface area contributed by atoms with Gasteiger partial charge in [-0.05, 0) is 16.3 Å². The summed E-state index contributed by atoms with van der Waals surface area (Å²) in [6, 6.07) is 0. The van der Waals surface area contributed by atoms with Crippen molar-refractivity contribution in [3.05, 3.63) is 5.82 Å². The summed E-state index contributed by atoms with van der Waals surface area (Å²) < 4.78 is 1.64. The minimum atomic E-state index is -0.813. The molecule has 6 heteroatoms. The molecule has 94 valence electrons. The molecule has 1 fully saturated rings. The normalized spacial score (nSPS) is 18.4. The number of carboxylic acids is 1. The van der Waals surface area contributed by atoms with Gasteiger partial charge in [0.15, 0.2) is 5.82 Å². The number of hydrogen-bond donors (Lipinski definition) is 1. The summed E-state index contributed by atoms with van der Waals surface area (Å²) in [6.45, 7) is 2.02. The molecule has 0 saturated heterocycles. The summed E-state index contributed by atoms with van der Waals surface area (Å²) in [4.78, 5) is 10.8. The summed E-state index contributed by atoms with van der Waals surface area (Å²) in [6.07, 6.45) is 5.93. The third kappa shape index (κ3) is 3.01. The van der Waals surface area contributed by atoms with Gasteiger partial charge in [-0.15, -0.1) is 5.10 Å². The lowest BCUT2D eigenvalue weighted by Crippen LogP contribution is -2.20. The van der Waals surface area contributed by atoms with E-state index < -0.39 is 11.9 Å².